The van der Waals surface area contributed by atoms with E-state index in [1.165, 1.54) is 29.4 Å². The van der Waals surface area contributed by atoms with Gasteiger partial charge in [0.15, 0.2) is 5.69 Å². The fraction of sp³-hybridized carbons (Fsp3) is 0.391. The van der Waals surface area contributed by atoms with Crippen LogP contribution < -0.4 is 5.32 Å². The number of carbonyl (C=O) groups is 1. The van der Waals surface area contributed by atoms with Crippen molar-refractivity contribution in [2.45, 2.75) is 32.4 Å². The largest absolute Gasteiger partial charge is 0.472 e. The van der Waals surface area contributed by atoms with Crippen molar-refractivity contribution < 1.29 is 13.6 Å². The lowest BCUT2D eigenvalue weighted by atomic mass is 10.1. The second-order valence-electron chi connectivity index (χ2n) is 8.10. The second kappa shape index (κ2) is 8.45. The number of amides is 1. The van der Waals surface area contributed by atoms with Gasteiger partial charge in [-0.15, -0.1) is 0 Å². The Morgan fingerprint density at radius 1 is 1.00 bits per heavy atom. The minimum absolute atomic E-state index is 0.229. The van der Waals surface area contributed by atoms with Crippen molar-refractivity contribution in [1.29, 1.82) is 0 Å². The summed E-state index contributed by atoms with van der Waals surface area (Å²) < 4.78 is 10.7. The Morgan fingerprint density at radius 3 is 2.60 bits per heavy atom. The molecule has 0 spiro atoms. The molecule has 0 radical (unpaired) electrons. The number of hydrogen-bond acceptors (Lipinski definition) is 6. The zero-order valence-corrected chi connectivity index (χ0v) is 17.0. The molecule has 7 nitrogen and oxygen atoms in total. The molecular formula is C23H26N4O3. The molecule has 3 aromatic rings. The Bertz CT molecular complexity index is 1000. The highest BCUT2D eigenvalue weighted by Gasteiger charge is 2.20. The summed E-state index contributed by atoms with van der Waals surface area (Å²) >= 11 is 0. The highest BCUT2D eigenvalue weighted by molar-refractivity contribution is 6.02. The van der Waals surface area contributed by atoms with Crippen LogP contribution in [0.25, 0.3) is 0 Å². The van der Waals surface area contributed by atoms with Gasteiger partial charge >= 0.3 is 0 Å². The summed E-state index contributed by atoms with van der Waals surface area (Å²) in [6.07, 6.45) is 8.38. The first-order chi connectivity index (χ1) is 14.7. The maximum Gasteiger partial charge on any atom is 0.277 e. The van der Waals surface area contributed by atoms with Gasteiger partial charge in [0.1, 0.15) is 6.26 Å². The van der Waals surface area contributed by atoms with Crippen LogP contribution in [0, 0.1) is 0 Å². The number of rotatable bonds is 6. The molecule has 1 amide bonds. The third-order valence-electron chi connectivity index (χ3n) is 5.95. The van der Waals surface area contributed by atoms with E-state index in [1.807, 2.05) is 12.1 Å². The molecule has 1 aromatic carbocycles. The van der Waals surface area contributed by atoms with Crippen molar-refractivity contribution in [2.75, 3.05) is 31.5 Å². The third kappa shape index (κ3) is 4.32. The highest BCUT2D eigenvalue weighted by Crippen LogP contribution is 2.25. The Balaban J connectivity index is 1.13. The molecule has 0 unspecified atom stereocenters. The lowest BCUT2D eigenvalue weighted by Gasteiger charge is -2.33. The number of aryl methyl sites for hydroxylation is 2. The van der Waals surface area contributed by atoms with Crippen LogP contribution in [0.4, 0.5) is 5.69 Å². The number of benzene rings is 1. The van der Waals surface area contributed by atoms with Gasteiger partial charge in [-0.2, -0.15) is 0 Å². The lowest BCUT2D eigenvalue weighted by Crippen LogP contribution is -2.45. The fourth-order valence-corrected chi connectivity index (χ4v) is 4.27. The Kier molecular flexibility index (Phi) is 5.38. The minimum Gasteiger partial charge on any atom is -0.472 e. The molecule has 156 valence electrons. The number of furan rings is 1. The number of fused-ring (bicyclic) bond motifs is 1. The van der Waals surface area contributed by atoms with Crippen molar-refractivity contribution in [1.82, 2.24) is 14.8 Å². The summed E-state index contributed by atoms with van der Waals surface area (Å²) in [5.74, 6) is 0.352. The van der Waals surface area contributed by atoms with E-state index >= 15 is 0 Å². The summed E-state index contributed by atoms with van der Waals surface area (Å²) in [6, 6.07) is 8.16. The van der Waals surface area contributed by atoms with Gasteiger partial charge in [-0.25, -0.2) is 4.98 Å². The molecule has 0 atom stereocenters. The van der Waals surface area contributed by atoms with Crippen molar-refractivity contribution in [2.24, 2.45) is 0 Å². The van der Waals surface area contributed by atoms with E-state index < -0.39 is 0 Å². The summed E-state index contributed by atoms with van der Waals surface area (Å²) in [5, 5.41) is 2.94. The lowest BCUT2D eigenvalue weighted by molar-refractivity contribution is 0.102. The third-order valence-corrected chi connectivity index (χ3v) is 5.95. The van der Waals surface area contributed by atoms with Crippen LogP contribution in [-0.4, -0.2) is 46.9 Å². The zero-order valence-electron chi connectivity index (χ0n) is 17.0. The molecule has 1 fully saturated rings. The first kappa shape index (κ1) is 19.1. The van der Waals surface area contributed by atoms with Crippen LogP contribution in [0.5, 0.6) is 0 Å². The average molecular weight is 406 g/mol. The number of hydrogen-bond donors (Lipinski definition) is 1. The van der Waals surface area contributed by atoms with E-state index in [-0.39, 0.29) is 5.91 Å². The molecule has 1 saturated heterocycles. The molecule has 2 aliphatic rings. The number of oxazole rings is 1. The number of piperazine rings is 1. The maximum absolute atomic E-state index is 12.6. The van der Waals surface area contributed by atoms with Crippen LogP contribution in [0.3, 0.4) is 0 Å². The molecule has 7 heteroatoms. The number of nitrogens with zero attached hydrogens (tertiary/aromatic N) is 3. The molecule has 0 bridgehead atoms. The van der Waals surface area contributed by atoms with Crippen molar-refractivity contribution in [3.8, 4) is 0 Å². The Morgan fingerprint density at radius 2 is 1.80 bits per heavy atom. The highest BCUT2D eigenvalue weighted by atomic mass is 16.3. The topological polar surface area (TPSA) is 74.8 Å². The van der Waals surface area contributed by atoms with Gasteiger partial charge in [0.05, 0.1) is 19.1 Å². The Labute approximate surface area is 175 Å². The van der Waals surface area contributed by atoms with Crippen molar-refractivity contribution in [3.05, 3.63) is 71.3 Å². The first-order valence-electron chi connectivity index (χ1n) is 10.6. The predicted molar refractivity (Wildman–Crippen MR) is 112 cm³/mol. The number of aromatic nitrogens is 1. The SMILES string of the molecule is O=C(Nc1ccc2c(c1)CCC2)c1coc(CN2CCN(Cc3ccoc3)CC2)n1. The quantitative estimate of drug-likeness (QED) is 0.677. The summed E-state index contributed by atoms with van der Waals surface area (Å²) in [6.45, 7) is 5.38. The van der Waals surface area contributed by atoms with Crippen LogP contribution in [0.2, 0.25) is 0 Å². The van der Waals surface area contributed by atoms with E-state index in [1.54, 1.807) is 12.5 Å². The summed E-state index contributed by atoms with van der Waals surface area (Å²) in [4.78, 5) is 21.7. The second-order valence-corrected chi connectivity index (χ2v) is 8.10. The first-order valence-corrected chi connectivity index (χ1v) is 10.6. The zero-order chi connectivity index (χ0) is 20.3. The Hall–Kier alpha value is -2.90. The standard InChI is InChI=1S/C23H26N4O3/c28-23(24-20-5-4-18-2-1-3-19(18)12-20)21-16-30-22(25-21)14-27-9-7-26(8-10-27)13-17-6-11-29-15-17/h4-6,11-12,15-16H,1-3,7-10,13-14H2,(H,24,28). The van der Waals surface area contributed by atoms with Crippen molar-refractivity contribution in [3.63, 3.8) is 0 Å². The van der Waals surface area contributed by atoms with E-state index in [4.69, 9.17) is 8.83 Å². The van der Waals surface area contributed by atoms with Gasteiger partial charge in [-0.1, -0.05) is 6.07 Å². The van der Waals surface area contributed by atoms with E-state index in [0.29, 0.717) is 18.1 Å². The van der Waals surface area contributed by atoms with E-state index in [2.05, 4.69) is 32.2 Å². The smallest absolute Gasteiger partial charge is 0.277 e. The molecule has 1 aliphatic heterocycles. The molecule has 0 saturated carbocycles. The molecule has 5 rings (SSSR count). The minimum atomic E-state index is -0.229. The van der Waals surface area contributed by atoms with Gasteiger partial charge in [0, 0.05) is 44.0 Å². The molecule has 3 heterocycles. The number of carbonyl (C=O) groups excluding carboxylic acids is 1. The van der Waals surface area contributed by atoms with Gasteiger partial charge in [-0.05, 0) is 48.6 Å². The van der Waals surface area contributed by atoms with Gasteiger partial charge in [0.25, 0.3) is 5.91 Å². The van der Waals surface area contributed by atoms with Gasteiger partial charge < -0.3 is 14.2 Å². The molecule has 1 N–H and O–H groups in total. The van der Waals surface area contributed by atoms with Crippen molar-refractivity contribution >= 4 is 11.6 Å². The van der Waals surface area contributed by atoms with Crippen LogP contribution >= 0.6 is 0 Å². The normalized spacial score (nSPS) is 17.2. The maximum atomic E-state index is 12.6. The van der Waals surface area contributed by atoms with Gasteiger partial charge in [-0.3, -0.25) is 14.6 Å². The molecule has 1 aliphatic carbocycles. The van der Waals surface area contributed by atoms with Crippen LogP contribution in [-0.2, 0) is 25.9 Å². The molecular weight excluding hydrogens is 380 g/mol. The average Bonchev–Trinajstić information content (AvgIpc) is 3.51. The van der Waals surface area contributed by atoms with E-state index in [0.717, 1.165) is 51.3 Å². The van der Waals surface area contributed by atoms with Gasteiger partial charge in [0.2, 0.25) is 5.89 Å². The molecule has 2 aromatic heterocycles. The number of nitrogens with one attached hydrogen (secondary N) is 1. The monoisotopic (exact) mass is 406 g/mol. The summed E-state index contributed by atoms with van der Waals surface area (Å²) in [7, 11) is 0. The fourth-order valence-electron chi connectivity index (χ4n) is 4.27. The molecule has 30 heavy (non-hydrogen) atoms. The number of anilines is 1. The van der Waals surface area contributed by atoms with E-state index in [9.17, 15) is 4.79 Å². The predicted octanol–water partition coefficient (Wildman–Crippen LogP) is 3.33. The van der Waals surface area contributed by atoms with Crippen LogP contribution in [0.1, 0.15) is 39.5 Å². The summed E-state index contributed by atoms with van der Waals surface area (Å²) in [5.41, 5.74) is 5.07. The van der Waals surface area contributed by atoms with Crippen LogP contribution in [0.15, 0.2) is 51.9 Å².